The minimum atomic E-state index is -0.605. The summed E-state index contributed by atoms with van der Waals surface area (Å²) in [6.07, 6.45) is 1.77. The number of nitrogens with zero attached hydrogens (tertiary/aromatic N) is 2. The molecule has 9 heteroatoms. The molecule has 0 aliphatic heterocycles. The lowest BCUT2D eigenvalue weighted by atomic mass is 10.1. The number of ether oxygens (including phenoxy) is 2. The topological polar surface area (TPSA) is 125 Å². The number of carbonyl (C=O) groups is 3. The predicted octanol–water partition coefficient (Wildman–Crippen LogP) is 3.88. The third-order valence-electron chi connectivity index (χ3n) is 5.00. The number of nitrogens with two attached hydrogens (primary N) is 1. The number of hydrogen-bond acceptors (Lipinski definition) is 7. The van der Waals surface area contributed by atoms with Gasteiger partial charge in [-0.1, -0.05) is 12.1 Å². The van der Waals surface area contributed by atoms with Crippen LogP contribution >= 0.6 is 0 Å². The maximum atomic E-state index is 12.5. The summed E-state index contributed by atoms with van der Waals surface area (Å²) in [5.41, 5.74) is 8.54. The van der Waals surface area contributed by atoms with Crippen LogP contribution in [0.1, 0.15) is 74.4 Å². The van der Waals surface area contributed by atoms with Crippen LogP contribution in [0.15, 0.2) is 42.6 Å². The average Bonchev–Trinajstić information content (AvgIpc) is 3.14. The Bertz CT molecular complexity index is 1260. The average molecular weight is 495 g/mol. The molecule has 3 rings (SSSR count). The zero-order valence-electron chi connectivity index (χ0n) is 21.7. The van der Waals surface area contributed by atoms with Crippen LogP contribution in [0.25, 0.3) is 16.9 Å². The Balaban J connectivity index is 1.75. The highest BCUT2D eigenvalue weighted by atomic mass is 16.6. The molecule has 0 saturated carbocycles. The minimum Gasteiger partial charge on any atom is -0.460 e. The second-order valence-electron chi connectivity index (χ2n) is 10.4. The first-order valence-corrected chi connectivity index (χ1v) is 11.8. The number of esters is 2. The summed E-state index contributed by atoms with van der Waals surface area (Å²) < 4.78 is 12.5. The molecule has 0 aliphatic rings. The molecule has 0 fully saturated rings. The third-order valence-corrected chi connectivity index (χ3v) is 5.00. The molecular weight excluding hydrogens is 460 g/mol. The molecule has 1 amide bonds. The number of nitrogens with one attached hydrogen (secondary N) is 1. The molecular formula is C27H34N4O5. The Morgan fingerprint density at radius 1 is 0.917 bits per heavy atom. The third kappa shape index (κ3) is 6.91. The van der Waals surface area contributed by atoms with E-state index in [0.717, 1.165) is 11.3 Å². The van der Waals surface area contributed by atoms with Gasteiger partial charge in [-0.15, -0.1) is 0 Å². The van der Waals surface area contributed by atoms with Crippen molar-refractivity contribution in [1.29, 1.82) is 0 Å². The Morgan fingerprint density at radius 3 is 2.11 bits per heavy atom. The van der Waals surface area contributed by atoms with Crippen molar-refractivity contribution >= 4 is 23.5 Å². The van der Waals surface area contributed by atoms with Gasteiger partial charge in [0.2, 0.25) is 0 Å². The van der Waals surface area contributed by atoms with Crippen LogP contribution in [-0.2, 0) is 20.8 Å². The monoisotopic (exact) mass is 494 g/mol. The quantitative estimate of drug-likeness (QED) is 0.478. The summed E-state index contributed by atoms with van der Waals surface area (Å²) in [6, 6.07) is 10.4. The van der Waals surface area contributed by atoms with Gasteiger partial charge in [0.1, 0.15) is 16.8 Å². The molecule has 1 aromatic carbocycles. The van der Waals surface area contributed by atoms with E-state index in [0.29, 0.717) is 22.5 Å². The van der Waals surface area contributed by atoms with Gasteiger partial charge < -0.3 is 24.9 Å². The van der Waals surface area contributed by atoms with E-state index in [2.05, 4.69) is 10.3 Å². The maximum Gasteiger partial charge on any atom is 0.340 e. The lowest BCUT2D eigenvalue weighted by Crippen LogP contribution is -2.29. The summed E-state index contributed by atoms with van der Waals surface area (Å²) in [5.74, 6) is -1.08. The normalized spacial score (nSPS) is 11.9. The molecule has 192 valence electrons. The summed E-state index contributed by atoms with van der Waals surface area (Å²) in [4.78, 5) is 41.5. The molecule has 0 aliphatic carbocycles. The second-order valence-corrected chi connectivity index (χ2v) is 10.4. The molecule has 36 heavy (non-hydrogen) atoms. The van der Waals surface area contributed by atoms with Crippen molar-refractivity contribution < 1.29 is 23.9 Å². The Hall–Kier alpha value is -3.72. The zero-order valence-corrected chi connectivity index (χ0v) is 21.7. The van der Waals surface area contributed by atoms with Crippen molar-refractivity contribution in [3.8, 4) is 11.3 Å². The number of carbonyl (C=O) groups excluding carboxylic acids is 3. The van der Waals surface area contributed by atoms with Crippen LogP contribution in [0.4, 0.5) is 0 Å². The molecule has 0 saturated heterocycles. The molecule has 0 atom stereocenters. The molecule has 2 aromatic heterocycles. The van der Waals surface area contributed by atoms with E-state index < -0.39 is 17.2 Å². The number of pyridine rings is 1. The molecule has 0 unspecified atom stereocenters. The first-order valence-electron chi connectivity index (χ1n) is 11.8. The van der Waals surface area contributed by atoms with Crippen LogP contribution in [0.5, 0.6) is 0 Å². The van der Waals surface area contributed by atoms with Crippen molar-refractivity contribution in [2.24, 2.45) is 5.73 Å². The van der Waals surface area contributed by atoms with E-state index in [4.69, 9.17) is 15.2 Å². The molecule has 3 aromatic rings. The van der Waals surface area contributed by atoms with Gasteiger partial charge in [-0.2, -0.15) is 0 Å². The van der Waals surface area contributed by atoms with E-state index in [1.807, 2.05) is 20.8 Å². The van der Waals surface area contributed by atoms with E-state index >= 15 is 0 Å². The Kier molecular flexibility index (Phi) is 7.83. The van der Waals surface area contributed by atoms with Crippen molar-refractivity contribution in [3.05, 3.63) is 59.4 Å². The lowest BCUT2D eigenvalue weighted by molar-refractivity contribution is -0.154. The summed E-state index contributed by atoms with van der Waals surface area (Å²) >= 11 is 0. The molecule has 3 N–H and O–H groups in total. The van der Waals surface area contributed by atoms with E-state index in [1.165, 1.54) is 0 Å². The van der Waals surface area contributed by atoms with E-state index in [9.17, 15) is 14.4 Å². The van der Waals surface area contributed by atoms with Gasteiger partial charge in [0, 0.05) is 30.4 Å². The van der Waals surface area contributed by atoms with E-state index in [1.54, 1.807) is 67.8 Å². The lowest BCUT2D eigenvalue weighted by Gasteiger charge is -2.19. The number of amides is 1. The fraction of sp³-hybridized carbons (Fsp3) is 0.407. The van der Waals surface area contributed by atoms with Gasteiger partial charge in [0.25, 0.3) is 5.91 Å². The van der Waals surface area contributed by atoms with Crippen molar-refractivity contribution in [2.75, 3.05) is 6.54 Å². The highest BCUT2D eigenvalue weighted by Gasteiger charge is 2.20. The van der Waals surface area contributed by atoms with Crippen molar-refractivity contribution in [1.82, 2.24) is 14.7 Å². The standard InChI is InChI=1S/C27H34N4O5/c1-26(2,3)35-22(32)13-14-29-24(33)18-9-7-17(8-10-18)23-20(15-28)31-16-19(11-12-21(31)30-23)25(34)36-27(4,5)6/h7-12,16H,13-15,28H2,1-6H3,(H,29,33). The highest BCUT2D eigenvalue weighted by Crippen LogP contribution is 2.26. The Labute approximate surface area is 211 Å². The Morgan fingerprint density at radius 2 is 1.53 bits per heavy atom. The van der Waals surface area contributed by atoms with Gasteiger partial charge in [-0.3, -0.25) is 9.59 Å². The number of benzene rings is 1. The maximum absolute atomic E-state index is 12.5. The van der Waals surface area contributed by atoms with Crippen LogP contribution in [0.3, 0.4) is 0 Å². The number of hydrogen-bond donors (Lipinski definition) is 2. The van der Waals surface area contributed by atoms with Gasteiger partial charge in [0.05, 0.1) is 23.4 Å². The zero-order chi connectivity index (χ0) is 26.7. The summed E-state index contributed by atoms with van der Waals surface area (Å²) in [6.45, 7) is 11.2. The molecule has 0 radical (unpaired) electrons. The molecule has 0 bridgehead atoms. The van der Waals surface area contributed by atoms with Gasteiger partial charge in [0.15, 0.2) is 0 Å². The predicted molar refractivity (Wildman–Crippen MR) is 136 cm³/mol. The van der Waals surface area contributed by atoms with Gasteiger partial charge in [-0.05, 0) is 65.8 Å². The molecule has 0 spiro atoms. The number of imidazole rings is 1. The largest absolute Gasteiger partial charge is 0.460 e. The number of rotatable bonds is 7. The number of fused-ring (bicyclic) bond motifs is 1. The van der Waals surface area contributed by atoms with Gasteiger partial charge in [-0.25, -0.2) is 9.78 Å². The fourth-order valence-electron chi connectivity index (χ4n) is 3.53. The fourth-order valence-corrected chi connectivity index (χ4v) is 3.53. The summed E-state index contributed by atoms with van der Waals surface area (Å²) in [7, 11) is 0. The van der Waals surface area contributed by atoms with Crippen molar-refractivity contribution in [2.45, 2.75) is 65.7 Å². The highest BCUT2D eigenvalue weighted by molar-refractivity contribution is 5.95. The molecule has 2 heterocycles. The first kappa shape index (κ1) is 26.9. The molecule has 9 nitrogen and oxygen atoms in total. The van der Waals surface area contributed by atoms with E-state index in [-0.39, 0.29) is 31.4 Å². The SMILES string of the molecule is CC(C)(C)OC(=O)CCNC(=O)c1ccc(-c2nc3ccc(C(=O)OC(C)(C)C)cn3c2CN)cc1. The number of aromatic nitrogens is 2. The van der Waals surface area contributed by atoms with Crippen LogP contribution < -0.4 is 11.1 Å². The first-order chi connectivity index (χ1) is 16.8. The van der Waals surface area contributed by atoms with Crippen LogP contribution in [0.2, 0.25) is 0 Å². The van der Waals surface area contributed by atoms with Crippen LogP contribution in [0, 0.1) is 0 Å². The smallest absolute Gasteiger partial charge is 0.340 e. The van der Waals surface area contributed by atoms with Crippen molar-refractivity contribution in [3.63, 3.8) is 0 Å². The summed E-state index contributed by atoms with van der Waals surface area (Å²) in [5, 5.41) is 2.73. The second kappa shape index (κ2) is 10.5. The van der Waals surface area contributed by atoms with Gasteiger partial charge >= 0.3 is 11.9 Å². The minimum absolute atomic E-state index is 0.0908. The van der Waals surface area contributed by atoms with Crippen LogP contribution in [-0.4, -0.2) is 45.0 Å².